The van der Waals surface area contributed by atoms with Gasteiger partial charge in [-0.25, -0.2) is 13.2 Å². The molecule has 0 fully saturated rings. The van der Waals surface area contributed by atoms with E-state index in [1.807, 2.05) is 0 Å². The molecule has 0 atom stereocenters. The van der Waals surface area contributed by atoms with Crippen LogP contribution >= 0.6 is 0 Å². The molecule has 10 nitrogen and oxygen atoms in total. The van der Waals surface area contributed by atoms with Gasteiger partial charge in [-0.3, -0.25) is 19.6 Å². The number of esters is 1. The quantitative estimate of drug-likeness (QED) is 0.217. The topological polar surface area (TPSA) is 142 Å². The van der Waals surface area contributed by atoms with Crippen molar-refractivity contribution in [3.8, 4) is 5.75 Å². The van der Waals surface area contributed by atoms with Crippen molar-refractivity contribution in [2.45, 2.75) is 4.90 Å². The Morgan fingerprint density at radius 2 is 1.73 bits per heavy atom. The van der Waals surface area contributed by atoms with Crippen molar-refractivity contribution in [3.05, 3.63) is 94.0 Å². The number of carbonyl (C=O) groups excluding carboxylic acids is 2. The van der Waals surface area contributed by atoms with E-state index in [0.717, 1.165) is 12.1 Å². The van der Waals surface area contributed by atoms with E-state index >= 15 is 0 Å². The first-order valence-electron chi connectivity index (χ1n) is 9.42. The van der Waals surface area contributed by atoms with Crippen molar-refractivity contribution < 1.29 is 32.4 Å². The van der Waals surface area contributed by atoms with Crippen LogP contribution in [0.1, 0.15) is 20.7 Å². The molecule has 0 aliphatic heterocycles. The number of anilines is 1. The summed E-state index contributed by atoms with van der Waals surface area (Å²) >= 11 is 0. The molecule has 170 valence electrons. The molecule has 0 heterocycles. The number of para-hydroxylation sites is 1. The third-order valence-corrected chi connectivity index (χ3v) is 5.82. The smallest absolute Gasteiger partial charge is 0.340 e. The van der Waals surface area contributed by atoms with E-state index in [2.05, 4.69) is 4.72 Å². The molecule has 0 radical (unpaired) electrons. The Kier molecular flexibility index (Phi) is 7.04. The van der Waals surface area contributed by atoms with E-state index < -0.39 is 39.0 Å². The first-order chi connectivity index (χ1) is 15.7. The predicted molar refractivity (Wildman–Crippen MR) is 118 cm³/mol. The Morgan fingerprint density at radius 1 is 1.00 bits per heavy atom. The standard InChI is InChI=1S/C22H18N2O8S/c1-31-17-8-4-6-15(12-17)21(25)14-32-22(26)19-10-2-3-11-20(19)23-33(29,30)18-9-5-7-16(13-18)24(27)28/h2-13,23H,14H2,1H3. The van der Waals surface area contributed by atoms with Crippen LogP contribution in [0.15, 0.2) is 77.7 Å². The number of hydrogen-bond acceptors (Lipinski definition) is 8. The van der Waals surface area contributed by atoms with Crippen molar-refractivity contribution in [2.75, 3.05) is 18.4 Å². The summed E-state index contributed by atoms with van der Waals surface area (Å²) in [4.78, 5) is 34.8. The molecule has 0 saturated heterocycles. The number of benzene rings is 3. The van der Waals surface area contributed by atoms with Gasteiger partial charge in [0.25, 0.3) is 15.7 Å². The first kappa shape index (κ1) is 23.4. The minimum atomic E-state index is -4.25. The molecule has 0 bridgehead atoms. The lowest BCUT2D eigenvalue weighted by Crippen LogP contribution is -2.18. The van der Waals surface area contributed by atoms with Gasteiger partial charge in [0.2, 0.25) is 0 Å². The van der Waals surface area contributed by atoms with Gasteiger partial charge in [0.15, 0.2) is 12.4 Å². The molecule has 0 aliphatic carbocycles. The number of methoxy groups -OCH3 is 1. The second-order valence-corrected chi connectivity index (χ2v) is 8.32. The Bertz CT molecular complexity index is 1320. The van der Waals surface area contributed by atoms with E-state index in [0.29, 0.717) is 5.75 Å². The lowest BCUT2D eigenvalue weighted by molar-refractivity contribution is -0.385. The second kappa shape index (κ2) is 9.92. The van der Waals surface area contributed by atoms with Gasteiger partial charge in [0.1, 0.15) is 5.75 Å². The number of rotatable bonds is 9. The summed E-state index contributed by atoms with van der Waals surface area (Å²) < 4.78 is 37.8. The average Bonchev–Trinajstić information content (AvgIpc) is 2.82. The number of carbonyl (C=O) groups is 2. The van der Waals surface area contributed by atoms with Gasteiger partial charge in [0.05, 0.1) is 28.2 Å². The second-order valence-electron chi connectivity index (χ2n) is 6.64. The van der Waals surface area contributed by atoms with Crippen molar-refractivity contribution in [1.82, 2.24) is 0 Å². The molecule has 0 aromatic heterocycles. The lowest BCUT2D eigenvalue weighted by Gasteiger charge is -2.12. The summed E-state index contributed by atoms with van der Waals surface area (Å²) in [5, 5.41) is 10.9. The number of hydrogen-bond donors (Lipinski definition) is 1. The third kappa shape index (κ3) is 5.71. The number of nitrogens with one attached hydrogen (secondary N) is 1. The zero-order chi connectivity index (χ0) is 24.0. The average molecular weight is 470 g/mol. The summed E-state index contributed by atoms with van der Waals surface area (Å²) in [5.41, 5.74) is -0.365. The van der Waals surface area contributed by atoms with Crippen LogP contribution in [0, 0.1) is 10.1 Å². The van der Waals surface area contributed by atoms with Crippen molar-refractivity contribution in [1.29, 1.82) is 0 Å². The fourth-order valence-electron chi connectivity index (χ4n) is 2.81. The minimum Gasteiger partial charge on any atom is -0.497 e. The molecule has 1 N–H and O–H groups in total. The van der Waals surface area contributed by atoms with Gasteiger partial charge >= 0.3 is 5.97 Å². The van der Waals surface area contributed by atoms with Gasteiger partial charge in [-0.15, -0.1) is 0 Å². The maximum absolute atomic E-state index is 12.7. The van der Waals surface area contributed by atoms with E-state index in [1.165, 1.54) is 49.6 Å². The van der Waals surface area contributed by atoms with Crippen molar-refractivity contribution >= 4 is 33.2 Å². The highest BCUT2D eigenvalue weighted by atomic mass is 32.2. The van der Waals surface area contributed by atoms with Crippen LogP contribution in [-0.4, -0.2) is 38.8 Å². The summed E-state index contributed by atoms with van der Waals surface area (Å²) in [5.74, 6) is -0.937. The Labute approximate surface area is 189 Å². The molecule has 3 aromatic rings. The number of ether oxygens (including phenoxy) is 2. The highest BCUT2D eigenvalue weighted by Gasteiger charge is 2.22. The molecule has 0 saturated carbocycles. The Hall–Kier alpha value is -4.25. The van der Waals surface area contributed by atoms with Gasteiger partial charge in [-0.2, -0.15) is 0 Å². The monoisotopic (exact) mass is 470 g/mol. The van der Waals surface area contributed by atoms with Crippen LogP contribution in [0.25, 0.3) is 0 Å². The Balaban J connectivity index is 1.77. The number of Topliss-reactive ketones (excluding diaryl/α,β-unsaturated/α-hetero) is 1. The maximum Gasteiger partial charge on any atom is 0.340 e. The minimum absolute atomic E-state index is 0.108. The van der Waals surface area contributed by atoms with Crippen LogP contribution in [0.5, 0.6) is 5.75 Å². The largest absolute Gasteiger partial charge is 0.497 e. The predicted octanol–water partition coefficient (Wildman–Crippen LogP) is 3.44. The molecule has 33 heavy (non-hydrogen) atoms. The Morgan fingerprint density at radius 3 is 2.45 bits per heavy atom. The fraction of sp³-hybridized carbons (Fsp3) is 0.0909. The van der Waals surface area contributed by atoms with E-state index in [-0.39, 0.29) is 21.7 Å². The van der Waals surface area contributed by atoms with Gasteiger partial charge in [-0.1, -0.05) is 30.3 Å². The molecule has 0 aliphatic rings. The summed E-state index contributed by atoms with van der Waals surface area (Å²) in [6.07, 6.45) is 0. The number of ketones is 1. The van der Waals surface area contributed by atoms with Gasteiger partial charge in [-0.05, 0) is 30.3 Å². The van der Waals surface area contributed by atoms with Crippen LogP contribution < -0.4 is 9.46 Å². The highest BCUT2D eigenvalue weighted by molar-refractivity contribution is 7.92. The zero-order valence-corrected chi connectivity index (χ0v) is 18.1. The molecular weight excluding hydrogens is 452 g/mol. The van der Waals surface area contributed by atoms with E-state index in [9.17, 15) is 28.1 Å². The zero-order valence-electron chi connectivity index (χ0n) is 17.3. The number of nitro groups is 1. The van der Waals surface area contributed by atoms with Crippen LogP contribution in [-0.2, 0) is 14.8 Å². The number of sulfonamides is 1. The van der Waals surface area contributed by atoms with E-state index in [4.69, 9.17) is 9.47 Å². The molecular formula is C22H18N2O8S. The molecule has 0 spiro atoms. The van der Waals surface area contributed by atoms with Crippen molar-refractivity contribution in [3.63, 3.8) is 0 Å². The SMILES string of the molecule is COc1cccc(C(=O)COC(=O)c2ccccc2NS(=O)(=O)c2cccc([N+](=O)[O-])c2)c1. The number of nitro benzene ring substituents is 1. The van der Waals surface area contributed by atoms with Crippen LogP contribution in [0.4, 0.5) is 11.4 Å². The fourth-order valence-corrected chi connectivity index (χ4v) is 3.93. The van der Waals surface area contributed by atoms with Crippen LogP contribution in [0.2, 0.25) is 0 Å². The van der Waals surface area contributed by atoms with Crippen LogP contribution in [0.3, 0.4) is 0 Å². The molecule has 3 rings (SSSR count). The third-order valence-electron chi connectivity index (χ3n) is 4.46. The van der Waals surface area contributed by atoms with Gasteiger partial charge < -0.3 is 9.47 Å². The molecule has 0 amide bonds. The van der Waals surface area contributed by atoms with E-state index in [1.54, 1.807) is 18.2 Å². The van der Waals surface area contributed by atoms with Gasteiger partial charge in [0, 0.05) is 17.7 Å². The normalized spacial score (nSPS) is 10.8. The first-order valence-corrected chi connectivity index (χ1v) is 10.9. The van der Waals surface area contributed by atoms with Crippen molar-refractivity contribution in [2.24, 2.45) is 0 Å². The number of non-ortho nitro benzene ring substituents is 1. The summed E-state index contributed by atoms with van der Waals surface area (Å²) in [6, 6.07) is 16.4. The lowest BCUT2D eigenvalue weighted by atomic mass is 10.1. The molecule has 3 aromatic carbocycles. The maximum atomic E-state index is 12.7. The summed E-state index contributed by atoms with van der Waals surface area (Å²) in [7, 11) is -2.80. The number of nitrogens with zero attached hydrogens (tertiary/aromatic N) is 1. The molecule has 11 heteroatoms. The molecule has 0 unspecified atom stereocenters. The highest BCUT2D eigenvalue weighted by Crippen LogP contribution is 2.23. The summed E-state index contributed by atoms with van der Waals surface area (Å²) in [6.45, 7) is -0.571.